The molecular weight excluding hydrogens is 274 g/mol. The van der Waals surface area contributed by atoms with Gasteiger partial charge in [-0.2, -0.15) is 0 Å². The third kappa shape index (κ3) is 2.79. The van der Waals surface area contributed by atoms with Gasteiger partial charge in [-0.05, 0) is 37.1 Å². The van der Waals surface area contributed by atoms with E-state index in [0.29, 0.717) is 11.9 Å². The highest BCUT2D eigenvalue weighted by molar-refractivity contribution is 5.65. The van der Waals surface area contributed by atoms with E-state index in [-0.39, 0.29) is 0 Å². The van der Waals surface area contributed by atoms with E-state index in [1.54, 1.807) is 18.6 Å². The molecule has 0 atom stereocenters. The molecule has 1 saturated carbocycles. The van der Waals surface area contributed by atoms with Crippen molar-refractivity contribution in [3.8, 4) is 22.8 Å². The summed E-state index contributed by atoms with van der Waals surface area (Å²) < 4.78 is 0. The molecule has 4 rings (SSSR count). The van der Waals surface area contributed by atoms with Crippen LogP contribution in [-0.4, -0.2) is 26.0 Å². The molecule has 1 fully saturated rings. The predicted molar refractivity (Wildman–Crippen MR) is 85.1 cm³/mol. The van der Waals surface area contributed by atoms with Crippen molar-refractivity contribution in [1.29, 1.82) is 0 Å². The van der Waals surface area contributed by atoms with Gasteiger partial charge in [0.2, 0.25) is 0 Å². The second-order valence-electron chi connectivity index (χ2n) is 5.33. The van der Waals surface area contributed by atoms with Gasteiger partial charge in [0.25, 0.3) is 0 Å². The standard InChI is InChI=1S/C17H15N5/c1-2-8-19-14(3-1)15-11-16(20-13-4-5-13)22-17(21-15)12-6-9-18-10-7-12/h1-3,6-11,13H,4-5H2,(H,20,21,22). The van der Waals surface area contributed by atoms with Crippen LogP contribution in [0.1, 0.15) is 12.8 Å². The molecule has 0 saturated heterocycles. The molecule has 5 heteroatoms. The average Bonchev–Trinajstić information content (AvgIpc) is 3.40. The van der Waals surface area contributed by atoms with Crippen molar-refractivity contribution in [3.63, 3.8) is 0 Å². The zero-order valence-electron chi connectivity index (χ0n) is 12.0. The summed E-state index contributed by atoms with van der Waals surface area (Å²) in [6, 6.07) is 12.2. The Balaban J connectivity index is 1.80. The summed E-state index contributed by atoms with van der Waals surface area (Å²) in [4.78, 5) is 17.7. The van der Waals surface area contributed by atoms with Crippen LogP contribution in [0.4, 0.5) is 5.82 Å². The maximum absolute atomic E-state index is 4.66. The number of anilines is 1. The first-order valence-corrected chi connectivity index (χ1v) is 7.36. The van der Waals surface area contributed by atoms with Gasteiger partial charge in [0.15, 0.2) is 5.82 Å². The van der Waals surface area contributed by atoms with Gasteiger partial charge in [-0.15, -0.1) is 0 Å². The van der Waals surface area contributed by atoms with Crippen molar-refractivity contribution >= 4 is 5.82 Å². The van der Waals surface area contributed by atoms with Crippen LogP contribution in [0.5, 0.6) is 0 Å². The summed E-state index contributed by atoms with van der Waals surface area (Å²) in [5.41, 5.74) is 2.62. The fraction of sp³-hybridized carbons (Fsp3) is 0.176. The number of nitrogens with zero attached hydrogens (tertiary/aromatic N) is 4. The summed E-state index contributed by atoms with van der Waals surface area (Å²) >= 11 is 0. The Morgan fingerprint density at radius 1 is 0.909 bits per heavy atom. The molecule has 0 spiro atoms. The molecule has 3 aromatic heterocycles. The first-order valence-electron chi connectivity index (χ1n) is 7.36. The average molecular weight is 289 g/mol. The van der Waals surface area contributed by atoms with Crippen molar-refractivity contribution in [2.75, 3.05) is 5.32 Å². The molecular formula is C17H15N5. The highest BCUT2D eigenvalue weighted by Gasteiger charge is 2.22. The quantitative estimate of drug-likeness (QED) is 0.799. The number of nitrogens with one attached hydrogen (secondary N) is 1. The lowest BCUT2D eigenvalue weighted by atomic mass is 10.2. The molecule has 0 amide bonds. The molecule has 1 aliphatic rings. The lowest BCUT2D eigenvalue weighted by Crippen LogP contribution is -2.05. The summed E-state index contributed by atoms with van der Waals surface area (Å²) in [7, 11) is 0. The Hall–Kier alpha value is -2.82. The Morgan fingerprint density at radius 3 is 2.50 bits per heavy atom. The van der Waals surface area contributed by atoms with Crippen molar-refractivity contribution in [2.24, 2.45) is 0 Å². The van der Waals surface area contributed by atoms with Crippen LogP contribution in [0.2, 0.25) is 0 Å². The number of rotatable bonds is 4. The minimum Gasteiger partial charge on any atom is -0.367 e. The number of hydrogen-bond donors (Lipinski definition) is 1. The van der Waals surface area contributed by atoms with Crippen molar-refractivity contribution < 1.29 is 0 Å². The van der Waals surface area contributed by atoms with E-state index in [1.165, 1.54) is 12.8 Å². The van der Waals surface area contributed by atoms with E-state index in [2.05, 4.69) is 25.3 Å². The number of aromatic nitrogens is 4. The zero-order valence-corrected chi connectivity index (χ0v) is 12.0. The number of hydrogen-bond acceptors (Lipinski definition) is 5. The molecule has 0 bridgehead atoms. The Morgan fingerprint density at radius 2 is 1.77 bits per heavy atom. The van der Waals surface area contributed by atoms with Gasteiger partial charge in [0.1, 0.15) is 5.82 Å². The maximum atomic E-state index is 4.66. The molecule has 0 radical (unpaired) electrons. The van der Waals surface area contributed by atoms with E-state index in [4.69, 9.17) is 0 Å². The first-order chi connectivity index (χ1) is 10.9. The summed E-state index contributed by atoms with van der Waals surface area (Å²) in [6.07, 6.45) is 7.68. The topological polar surface area (TPSA) is 63.6 Å². The second kappa shape index (κ2) is 5.52. The lowest BCUT2D eigenvalue weighted by Gasteiger charge is -2.09. The molecule has 1 N–H and O–H groups in total. The van der Waals surface area contributed by atoms with E-state index in [1.807, 2.05) is 36.4 Å². The van der Waals surface area contributed by atoms with Gasteiger partial charge in [0.05, 0.1) is 11.4 Å². The SMILES string of the molecule is c1ccc(-c2cc(NC3CC3)nc(-c3ccncc3)n2)nc1. The highest BCUT2D eigenvalue weighted by Crippen LogP contribution is 2.27. The summed E-state index contributed by atoms with van der Waals surface area (Å²) in [5, 5.41) is 3.44. The van der Waals surface area contributed by atoms with Gasteiger partial charge in [-0.1, -0.05) is 6.07 Å². The van der Waals surface area contributed by atoms with E-state index >= 15 is 0 Å². The Kier molecular flexibility index (Phi) is 3.23. The summed E-state index contributed by atoms with van der Waals surface area (Å²) in [5.74, 6) is 1.54. The van der Waals surface area contributed by atoms with Crippen LogP contribution in [0.15, 0.2) is 55.0 Å². The monoisotopic (exact) mass is 289 g/mol. The maximum Gasteiger partial charge on any atom is 0.162 e. The van der Waals surface area contributed by atoms with Gasteiger partial charge < -0.3 is 5.32 Å². The normalized spacial score (nSPS) is 13.8. The molecule has 3 heterocycles. The van der Waals surface area contributed by atoms with Crippen LogP contribution in [0, 0.1) is 0 Å². The van der Waals surface area contributed by atoms with Crippen molar-refractivity contribution in [2.45, 2.75) is 18.9 Å². The minimum absolute atomic E-state index is 0.539. The highest BCUT2D eigenvalue weighted by atomic mass is 15.1. The van der Waals surface area contributed by atoms with Gasteiger partial charge in [0, 0.05) is 36.3 Å². The van der Waals surface area contributed by atoms with Gasteiger partial charge >= 0.3 is 0 Å². The van der Waals surface area contributed by atoms with Crippen LogP contribution in [-0.2, 0) is 0 Å². The van der Waals surface area contributed by atoms with Crippen LogP contribution < -0.4 is 5.32 Å². The smallest absolute Gasteiger partial charge is 0.162 e. The molecule has 1 aliphatic carbocycles. The fourth-order valence-electron chi connectivity index (χ4n) is 2.23. The van der Waals surface area contributed by atoms with E-state index in [9.17, 15) is 0 Å². The minimum atomic E-state index is 0.539. The van der Waals surface area contributed by atoms with Gasteiger partial charge in [-0.25, -0.2) is 9.97 Å². The number of pyridine rings is 2. The fourth-order valence-corrected chi connectivity index (χ4v) is 2.23. The molecule has 0 aromatic carbocycles. The Labute approximate surface area is 128 Å². The predicted octanol–water partition coefficient (Wildman–Crippen LogP) is 3.17. The molecule has 22 heavy (non-hydrogen) atoms. The third-order valence-corrected chi connectivity index (χ3v) is 3.52. The van der Waals surface area contributed by atoms with Crippen molar-refractivity contribution in [3.05, 3.63) is 55.0 Å². The van der Waals surface area contributed by atoms with E-state index < -0.39 is 0 Å². The second-order valence-corrected chi connectivity index (χ2v) is 5.33. The summed E-state index contributed by atoms with van der Waals surface area (Å²) in [6.45, 7) is 0. The van der Waals surface area contributed by atoms with Crippen molar-refractivity contribution in [1.82, 2.24) is 19.9 Å². The van der Waals surface area contributed by atoms with Gasteiger partial charge in [-0.3, -0.25) is 9.97 Å². The zero-order chi connectivity index (χ0) is 14.8. The third-order valence-electron chi connectivity index (χ3n) is 3.52. The molecule has 108 valence electrons. The largest absolute Gasteiger partial charge is 0.367 e. The van der Waals surface area contributed by atoms with E-state index in [0.717, 1.165) is 22.8 Å². The molecule has 0 aliphatic heterocycles. The molecule has 3 aromatic rings. The van der Waals surface area contributed by atoms with Crippen LogP contribution in [0.25, 0.3) is 22.8 Å². The van der Waals surface area contributed by atoms with Crippen LogP contribution in [0.3, 0.4) is 0 Å². The van der Waals surface area contributed by atoms with Crippen LogP contribution >= 0.6 is 0 Å². The molecule has 0 unspecified atom stereocenters. The molecule has 5 nitrogen and oxygen atoms in total. The first kappa shape index (κ1) is 12.9. The lowest BCUT2D eigenvalue weighted by molar-refractivity contribution is 1.08. The Bertz CT molecular complexity index is 712.